The van der Waals surface area contributed by atoms with Gasteiger partial charge < -0.3 is 14.1 Å². The van der Waals surface area contributed by atoms with Crippen molar-refractivity contribution in [3.05, 3.63) is 47.2 Å². The number of hydrogen-bond donors (Lipinski definition) is 0. The van der Waals surface area contributed by atoms with Gasteiger partial charge in [-0.3, -0.25) is 4.79 Å². The second-order valence-electron chi connectivity index (χ2n) is 4.90. The van der Waals surface area contributed by atoms with Gasteiger partial charge in [0.15, 0.2) is 5.76 Å². The van der Waals surface area contributed by atoms with E-state index in [0.29, 0.717) is 42.8 Å². The van der Waals surface area contributed by atoms with Crippen LogP contribution >= 0.6 is 11.6 Å². The Morgan fingerprint density at radius 1 is 1.10 bits per heavy atom. The predicted octanol–water partition coefficient (Wildman–Crippen LogP) is 3.46. The van der Waals surface area contributed by atoms with E-state index in [0.717, 1.165) is 12.0 Å². The first-order valence-electron chi connectivity index (χ1n) is 6.97. The fourth-order valence-electron chi connectivity index (χ4n) is 2.36. The molecule has 110 valence electrons. The molecule has 0 aliphatic carbocycles. The van der Waals surface area contributed by atoms with Gasteiger partial charge in [0.2, 0.25) is 0 Å². The van der Waals surface area contributed by atoms with E-state index in [-0.39, 0.29) is 5.91 Å². The van der Waals surface area contributed by atoms with Crippen LogP contribution in [0.2, 0.25) is 5.02 Å². The first-order chi connectivity index (χ1) is 10.3. The maximum Gasteiger partial charge on any atom is 0.289 e. The molecule has 2 aromatic rings. The quantitative estimate of drug-likeness (QED) is 0.853. The van der Waals surface area contributed by atoms with E-state index < -0.39 is 0 Å². The summed E-state index contributed by atoms with van der Waals surface area (Å²) in [5.41, 5.74) is 0.789. The normalized spacial score (nSPS) is 15.8. The van der Waals surface area contributed by atoms with Crippen molar-refractivity contribution in [3.63, 3.8) is 0 Å². The maximum absolute atomic E-state index is 12.4. The van der Waals surface area contributed by atoms with Gasteiger partial charge in [0.1, 0.15) is 5.76 Å². The monoisotopic (exact) mass is 305 g/mol. The third-order valence-corrected chi connectivity index (χ3v) is 3.80. The zero-order valence-electron chi connectivity index (χ0n) is 11.5. The Hall–Kier alpha value is -1.78. The van der Waals surface area contributed by atoms with Crippen LogP contribution in [0.3, 0.4) is 0 Å². The molecule has 1 amide bonds. The van der Waals surface area contributed by atoms with Crippen molar-refractivity contribution in [2.75, 3.05) is 26.3 Å². The zero-order chi connectivity index (χ0) is 14.7. The predicted molar refractivity (Wildman–Crippen MR) is 80.5 cm³/mol. The van der Waals surface area contributed by atoms with Crippen LogP contribution in [0, 0.1) is 0 Å². The van der Waals surface area contributed by atoms with Crippen LogP contribution in [0.1, 0.15) is 17.0 Å². The number of ether oxygens (including phenoxy) is 1. The van der Waals surface area contributed by atoms with Crippen molar-refractivity contribution in [1.29, 1.82) is 0 Å². The Labute approximate surface area is 128 Å². The number of amides is 1. The van der Waals surface area contributed by atoms with E-state index >= 15 is 0 Å². The number of carbonyl (C=O) groups is 1. The Kier molecular flexibility index (Phi) is 4.27. The van der Waals surface area contributed by atoms with Crippen molar-refractivity contribution in [2.45, 2.75) is 6.42 Å². The molecule has 0 radical (unpaired) electrons. The highest BCUT2D eigenvalue weighted by Crippen LogP contribution is 2.29. The van der Waals surface area contributed by atoms with E-state index in [1.165, 1.54) is 0 Å². The molecule has 1 aromatic heterocycles. The summed E-state index contributed by atoms with van der Waals surface area (Å²) in [6, 6.07) is 10.9. The third-order valence-electron chi connectivity index (χ3n) is 3.47. The highest BCUT2D eigenvalue weighted by Gasteiger charge is 2.21. The van der Waals surface area contributed by atoms with E-state index in [4.69, 9.17) is 20.8 Å². The number of carbonyl (C=O) groups excluding carboxylic acids is 1. The molecule has 0 saturated carbocycles. The first-order valence-corrected chi connectivity index (χ1v) is 7.35. The SMILES string of the molecule is O=C(c1ccc(-c2ccccc2Cl)o1)N1CCCOCC1. The fourth-order valence-corrected chi connectivity index (χ4v) is 2.59. The van der Waals surface area contributed by atoms with Crippen molar-refractivity contribution >= 4 is 17.5 Å². The molecule has 1 saturated heterocycles. The van der Waals surface area contributed by atoms with Gasteiger partial charge in [-0.15, -0.1) is 0 Å². The smallest absolute Gasteiger partial charge is 0.289 e. The Morgan fingerprint density at radius 2 is 1.95 bits per heavy atom. The largest absolute Gasteiger partial charge is 0.451 e. The lowest BCUT2D eigenvalue weighted by Crippen LogP contribution is -2.32. The maximum atomic E-state index is 12.4. The second kappa shape index (κ2) is 6.33. The van der Waals surface area contributed by atoms with Crippen LogP contribution < -0.4 is 0 Å². The number of nitrogens with zero attached hydrogens (tertiary/aromatic N) is 1. The average molecular weight is 306 g/mol. The van der Waals surface area contributed by atoms with E-state index in [2.05, 4.69) is 0 Å². The molecule has 1 fully saturated rings. The van der Waals surface area contributed by atoms with E-state index in [9.17, 15) is 4.79 Å². The Bertz CT molecular complexity index is 630. The van der Waals surface area contributed by atoms with Crippen LogP contribution in [-0.4, -0.2) is 37.1 Å². The van der Waals surface area contributed by atoms with Crippen molar-refractivity contribution < 1.29 is 13.9 Å². The fraction of sp³-hybridized carbons (Fsp3) is 0.312. The lowest BCUT2D eigenvalue weighted by atomic mass is 10.2. The molecule has 4 nitrogen and oxygen atoms in total. The molecule has 2 heterocycles. The molecule has 1 aliphatic rings. The van der Waals surface area contributed by atoms with Crippen molar-refractivity contribution in [2.24, 2.45) is 0 Å². The lowest BCUT2D eigenvalue weighted by Gasteiger charge is -2.17. The minimum atomic E-state index is -0.0983. The van der Waals surface area contributed by atoms with Crippen LogP contribution in [0.4, 0.5) is 0 Å². The molecule has 3 rings (SSSR count). The molecule has 0 atom stereocenters. The van der Waals surface area contributed by atoms with Crippen LogP contribution in [-0.2, 0) is 4.74 Å². The summed E-state index contributed by atoms with van der Waals surface area (Å²) in [6.07, 6.45) is 0.851. The number of rotatable bonds is 2. The van der Waals surface area contributed by atoms with Gasteiger partial charge in [-0.2, -0.15) is 0 Å². The molecule has 21 heavy (non-hydrogen) atoms. The summed E-state index contributed by atoms with van der Waals surface area (Å²) in [7, 11) is 0. The molecule has 0 spiro atoms. The molecule has 0 N–H and O–H groups in total. The molecular weight excluding hydrogens is 290 g/mol. The summed E-state index contributed by atoms with van der Waals surface area (Å²) < 4.78 is 11.0. The minimum Gasteiger partial charge on any atom is -0.451 e. The first kappa shape index (κ1) is 14.2. The van der Waals surface area contributed by atoms with Gasteiger partial charge in [0.05, 0.1) is 11.6 Å². The van der Waals surface area contributed by atoms with Crippen LogP contribution in [0.25, 0.3) is 11.3 Å². The Morgan fingerprint density at radius 3 is 2.81 bits per heavy atom. The van der Waals surface area contributed by atoms with Crippen LogP contribution in [0.5, 0.6) is 0 Å². The number of halogens is 1. The molecular formula is C16H16ClNO3. The van der Waals surface area contributed by atoms with Crippen molar-refractivity contribution in [3.8, 4) is 11.3 Å². The molecule has 0 bridgehead atoms. The summed E-state index contributed by atoms with van der Waals surface area (Å²) in [6.45, 7) is 2.57. The number of hydrogen-bond acceptors (Lipinski definition) is 3. The van der Waals surface area contributed by atoms with Gasteiger partial charge >= 0.3 is 0 Å². The number of furan rings is 1. The average Bonchev–Trinajstić information content (AvgIpc) is 2.82. The highest BCUT2D eigenvalue weighted by atomic mass is 35.5. The molecule has 1 aromatic carbocycles. The van der Waals surface area contributed by atoms with E-state index in [1.807, 2.05) is 18.2 Å². The Balaban J connectivity index is 1.81. The molecule has 0 unspecified atom stereocenters. The topological polar surface area (TPSA) is 42.7 Å². The van der Waals surface area contributed by atoms with Crippen LogP contribution in [0.15, 0.2) is 40.8 Å². The summed E-state index contributed by atoms with van der Waals surface area (Å²) in [5.74, 6) is 0.848. The van der Waals surface area contributed by atoms with Gasteiger partial charge in [0.25, 0.3) is 5.91 Å². The highest BCUT2D eigenvalue weighted by molar-refractivity contribution is 6.33. The van der Waals surface area contributed by atoms with E-state index in [1.54, 1.807) is 23.1 Å². The molecule has 5 heteroatoms. The number of benzene rings is 1. The van der Waals surface area contributed by atoms with Crippen molar-refractivity contribution in [1.82, 2.24) is 4.90 Å². The zero-order valence-corrected chi connectivity index (χ0v) is 12.3. The standard InChI is InChI=1S/C16H16ClNO3/c17-13-5-2-1-4-12(13)14-6-7-15(21-14)16(19)18-8-3-10-20-11-9-18/h1-2,4-7H,3,8-11H2. The molecule has 1 aliphatic heterocycles. The van der Waals surface area contributed by atoms with Gasteiger partial charge in [-0.1, -0.05) is 23.7 Å². The minimum absolute atomic E-state index is 0.0983. The van der Waals surface area contributed by atoms with Gasteiger partial charge in [0, 0.05) is 25.3 Å². The van der Waals surface area contributed by atoms with Gasteiger partial charge in [-0.25, -0.2) is 0 Å². The second-order valence-corrected chi connectivity index (χ2v) is 5.31. The summed E-state index contributed by atoms with van der Waals surface area (Å²) >= 11 is 6.15. The third kappa shape index (κ3) is 3.12. The summed E-state index contributed by atoms with van der Waals surface area (Å²) in [4.78, 5) is 14.2. The summed E-state index contributed by atoms with van der Waals surface area (Å²) in [5, 5.41) is 0.606. The van der Waals surface area contributed by atoms with Gasteiger partial charge in [-0.05, 0) is 30.7 Å². The lowest BCUT2D eigenvalue weighted by molar-refractivity contribution is 0.0711.